The van der Waals surface area contributed by atoms with E-state index in [-0.39, 0.29) is 24.4 Å². The van der Waals surface area contributed by atoms with Gasteiger partial charge >= 0.3 is 0 Å². The summed E-state index contributed by atoms with van der Waals surface area (Å²) in [5.41, 5.74) is 1.29. The van der Waals surface area contributed by atoms with E-state index >= 15 is 0 Å². The van der Waals surface area contributed by atoms with Gasteiger partial charge in [0.25, 0.3) is 0 Å². The summed E-state index contributed by atoms with van der Waals surface area (Å²) in [5.74, 6) is -1.06. The minimum atomic E-state index is -0.532. The van der Waals surface area contributed by atoms with Crippen molar-refractivity contribution in [3.05, 3.63) is 35.9 Å². The molecular weight excluding hydrogens is 306 g/mol. The Bertz CT molecular complexity index is 588. The number of hydrogen-bond acceptors (Lipinski definition) is 5. The number of likely N-dealkylation sites (tertiary alicyclic amines) is 1. The van der Waals surface area contributed by atoms with E-state index in [2.05, 4.69) is 29.2 Å². The third-order valence-corrected chi connectivity index (χ3v) is 5.03. The molecule has 0 bridgehead atoms. The van der Waals surface area contributed by atoms with Crippen molar-refractivity contribution in [1.29, 1.82) is 0 Å². The normalized spacial score (nSPS) is 37.7. The lowest BCUT2D eigenvalue weighted by molar-refractivity contribution is -0.177. The molecule has 0 amide bonds. The predicted octanol–water partition coefficient (Wildman–Crippen LogP) is 2.54. The van der Waals surface area contributed by atoms with Crippen LogP contribution in [0.25, 0.3) is 0 Å². The van der Waals surface area contributed by atoms with Gasteiger partial charge in [0.05, 0.1) is 12.6 Å². The molecule has 0 radical (unpaired) electrons. The van der Waals surface area contributed by atoms with Crippen LogP contribution in [0.5, 0.6) is 0 Å². The fourth-order valence-electron chi connectivity index (χ4n) is 4.17. The second kappa shape index (κ2) is 5.78. The van der Waals surface area contributed by atoms with Crippen LogP contribution < -0.4 is 0 Å². The van der Waals surface area contributed by atoms with Crippen LogP contribution in [0.4, 0.5) is 0 Å². The van der Waals surface area contributed by atoms with Gasteiger partial charge in [-0.15, -0.1) is 0 Å². The Kier molecular flexibility index (Phi) is 3.97. The van der Waals surface area contributed by atoms with Crippen molar-refractivity contribution in [2.75, 3.05) is 13.2 Å². The molecule has 1 aromatic carbocycles. The molecule has 132 valence electrons. The van der Waals surface area contributed by atoms with E-state index < -0.39 is 11.6 Å². The number of hydrogen-bond donors (Lipinski definition) is 0. The van der Waals surface area contributed by atoms with Crippen molar-refractivity contribution in [2.45, 2.75) is 70.2 Å². The molecule has 24 heavy (non-hydrogen) atoms. The van der Waals surface area contributed by atoms with Crippen molar-refractivity contribution in [3.8, 4) is 0 Å². The standard InChI is InChI=1S/C19H27NO4/c1-18(2)21-12-15(23-18)16-17-14(22-19(3,4)24-17)11-20(16)10-13-8-6-5-7-9-13/h5-9,14-17H,10-12H2,1-4H3/t14-,15?,16-,17-/m1/s1. The molecule has 5 nitrogen and oxygen atoms in total. The number of benzene rings is 1. The third-order valence-electron chi connectivity index (χ3n) is 5.03. The van der Waals surface area contributed by atoms with E-state index in [0.29, 0.717) is 6.61 Å². The van der Waals surface area contributed by atoms with Crippen LogP contribution in [0.3, 0.4) is 0 Å². The molecule has 3 aliphatic rings. The first-order valence-corrected chi connectivity index (χ1v) is 8.78. The first-order valence-electron chi connectivity index (χ1n) is 8.78. The maximum absolute atomic E-state index is 6.23. The smallest absolute Gasteiger partial charge is 0.163 e. The minimum Gasteiger partial charge on any atom is -0.348 e. The first-order chi connectivity index (χ1) is 11.3. The highest BCUT2D eigenvalue weighted by Crippen LogP contribution is 2.41. The number of fused-ring (bicyclic) bond motifs is 1. The summed E-state index contributed by atoms with van der Waals surface area (Å²) >= 11 is 0. The van der Waals surface area contributed by atoms with Gasteiger partial charge in [-0.05, 0) is 33.3 Å². The van der Waals surface area contributed by atoms with Crippen LogP contribution >= 0.6 is 0 Å². The Morgan fingerprint density at radius 2 is 1.67 bits per heavy atom. The minimum absolute atomic E-state index is 0.00351. The fourth-order valence-corrected chi connectivity index (χ4v) is 4.17. The van der Waals surface area contributed by atoms with E-state index in [0.717, 1.165) is 13.1 Å². The monoisotopic (exact) mass is 333 g/mol. The Morgan fingerprint density at radius 3 is 2.33 bits per heavy atom. The summed E-state index contributed by atoms with van der Waals surface area (Å²) in [5, 5.41) is 0. The lowest BCUT2D eigenvalue weighted by atomic mass is 10.0. The van der Waals surface area contributed by atoms with Gasteiger partial charge in [-0.3, -0.25) is 4.90 Å². The third kappa shape index (κ3) is 3.11. The van der Waals surface area contributed by atoms with E-state index in [1.165, 1.54) is 5.56 Å². The molecule has 1 aromatic rings. The average molecular weight is 333 g/mol. The number of rotatable bonds is 3. The van der Waals surface area contributed by atoms with Crippen LogP contribution in [0.15, 0.2) is 30.3 Å². The Morgan fingerprint density at radius 1 is 0.958 bits per heavy atom. The molecule has 3 aliphatic heterocycles. The summed E-state index contributed by atoms with van der Waals surface area (Å²) < 4.78 is 24.4. The molecule has 3 heterocycles. The molecule has 4 atom stereocenters. The maximum Gasteiger partial charge on any atom is 0.163 e. The van der Waals surface area contributed by atoms with E-state index in [1.807, 2.05) is 33.8 Å². The van der Waals surface area contributed by atoms with Gasteiger partial charge in [-0.1, -0.05) is 30.3 Å². The molecule has 0 spiro atoms. The molecular formula is C19H27NO4. The van der Waals surface area contributed by atoms with Gasteiger partial charge in [0.1, 0.15) is 18.3 Å². The topological polar surface area (TPSA) is 40.2 Å². The Labute approximate surface area is 143 Å². The average Bonchev–Trinajstić information content (AvgIpc) is 3.09. The van der Waals surface area contributed by atoms with Gasteiger partial charge in [0.15, 0.2) is 11.6 Å². The number of nitrogens with zero attached hydrogens (tertiary/aromatic N) is 1. The molecule has 0 saturated carbocycles. The lowest BCUT2D eigenvalue weighted by Crippen LogP contribution is -2.47. The summed E-state index contributed by atoms with van der Waals surface area (Å²) in [6.07, 6.45) is 0.100. The summed E-state index contributed by atoms with van der Waals surface area (Å²) in [7, 11) is 0. The van der Waals surface area contributed by atoms with Gasteiger partial charge in [0.2, 0.25) is 0 Å². The molecule has 3 fully saturated rings. The van der Waals surface area contributed by atoms with Crippen LogP contribution in [-0.2, 0) is 25.5 Å². The summed E-state index contributed by atoms with van der Waals surface area (Å²) in [4.78, 5) is 2.43. The highest BCUT2D eigenvalue weighted by atomic mass is 16.8. The molecule has 0 aromatic heterocycles. The Balaban J connectivity index is 1.57. The highest BCUT2D eigenvalue weighted by Gasteiger charge is 2.56. The zero-order chi connectivity index (χ0) is 16.9. The molecule has 0 N–H and O–H groups in total. The van der Waals surface area contributed by atoms with Crippen molar-refractivity contribution >= 4 is 0 Å². The maximum atomic E-state index is 6.23. The van der Waals surface area contributed by atoms with E-state index in [9.17, 15) is 0 Å². The zero-order valence-electron chi connectivity index (χ0n) is 14.9. The van der Waals surface area contributed by atoms with Gasteiger partial charge in [-0.2, -0.15) is 0 Å². The number of ether oxygens (including phenoxy) is 4. The zero-order valence-corrected chi connectivity index (χ0v) is 14.9. The quantitative estimate of drug-likeness (QED) is 0.850. The molecule has 1 unspecified atom stereocenters. The largest absolute Gasteiger partial charge is 0.348 e. The lowest BCUT2D eigenvalue weighted by Gasteiger charge is -2.33. The van der Waals surface area contributed by atoms with E-state index in [4.69, 9.17) is 18.9 Å². The van der Waals surface area contributed by atoms with Gasteiger partial charge in [-0.25, -0.2) is 0 Å². The van der Waals surface area contributed by atoms with Crippen molar-refractivity contribution < 1.29 is 18.9 Å². The van der Waals surface area contributed by atoms with Crippen molar-refractivity contribution in [2.24, 2.45) is 0 Å². The SMILES string of the molecule is CC1(C)OCC([C@@H]2[C@@H]3OC(C)(C)O[C@@H]3CN2Cc2ccccc2)O1. The van der Waals surface area contributed by atoms with Gasteiger partial charge < -0.3 is 18.9 Å². The predicted molar refractivity (Wildman–Crippen MR) is 89.4 cm³/mol. The molecule has 4 rings (SSSR count). The summed E-state index contributed by atoms with van der Waals surface area (Å²) in [6.45, 7) is 10.2. The molecule has 3 saturated heterocycles. The Hall–Kier alpha value is -0.980. The molecule has 5 heteroatoms. The van der Waals surface area contributed by atoms with Crippen molar-refractivity contribution in [3.63, 3.8) is 0 Å². The second-order valence-corrected chi connectivity index (χ2v) is 7.91. The fraction of sp³-hybridized carbons (Fsp3) is 0.684. The van der Waals surface area contributed by atoms with Crippen LogP contribution in [-0.4, -0.2) is 54.0 Å². The van der Waals surface area contributed by atoms with Crippen LogP contribution in [0, 0.1) is 0 Å². The molecule has 0 aliphatic carbocycles. The summed E-state index contributed by atoms with van der Waals surface area (Å²) in [6, 6.07) is 10.7. The van der Waals surface area contributed by atoms with Crippen molar-refractivity contribution in [1.82, 2.24) is 4.90 Å². The highest BCUT2D eigenvalue weighted by molar-refractivity contribution is 5.16. The van der Waals surface area contributed by atoms with E-state index in [1.54, 1.807) is 0 Å². The van der Waals surface area contributed by atoms with Crippen LogP contribution in [0.2, 0.25) is 0 Å². The first kappa shape index (κ1) is 16.5. The second-order valence-electron chi connectivity index (χ2n) is 7.91. The van der Waals surface area contributed by atoms with Gasteiger partial charge in [0, 0.05) is 13.1 Å². The van der Waals surface area contributed by atoms with Crippen LogP contribution in [0.1, 0.15) is 33.3 Å².